The van der Waals surface area contributed by atoms with Gasteiger partial charge >= 0.3 is 18.1 Å². The summed E-state index contributed by atoms with van der Waals surface area (Å²) in [6.07, 6.45) is -0.595. The van der Waals surface area contributed by atoms with Crippen molar-refractivity contribution in [2.75, 3.05) is 13.2 Å². The van der Waals surface area contributed by atoms with E-state index >= 15 is 0 Å². The van der Waals surface area contributed by atoms with Gasteiger partial charge in [0.05, 0.1) is 6.61 Å². The quantitative estimate of drug-likeness (QED) is 0.422. The number of nitrogens with one attached hydrogen (secondary N) is 1. The Kier molecular flexibility index (Phi) is 9.45. The molecule has 5 N–H and O–H groups in total. The van der Waals surface area contributed by atoms with E-state index in [2.05, 4.69) is 27.5 Å². The maximum absolute atomic E-state index is 11.1. The van der Waals surface area contributed by atoms with Crippen molar-refractivity contribution in [3.8, 4) is 11.6 Å². The molecule has 0 radical (unpaired) electrons. The average molecular weight is 474 g/mol. The number of aromatic amines is 1. The van der Waals surface area contributed by atoms with Crippen molar-refractivity contribution < 1.29 is 42.4 Å². The van der Waals surface area contributed by atoms with Crippen LogP contribution in [0, 0.1) is 0 Å². The maximum Gasteiger partial charge on any atom is 0.490 e. The number of hydrogen-bond donors (Lipinski definition) is 4. The van der Waals surface area contributed by atoms with E-state index in [1.807, 2.05) is 12.1 Å². The molecule has 1 aromatic heterocycles. The second-order valence-electron chi connectivity index (χ2n) is 7.25. The van der Waals surface area contributed by atoms with Crippen LogP contribution in [-0.4, -0.2) is 63.0 Å². The molecule has 10 nitrogen and oxygen atoms in total. The summed E-state index contributed by atoms with van der Waals surface area (Å²) in [6.45, 7) is 1.27. The number of H-pyrrole nitrogens is 1. The van der Waals surface area contributed by atoms with Gasteiger partial charge in [-0.2, -0.15) is 13.2 Å². The van der Waals surface area contributed by atoms with Crippen LogP contribution in [0.25, 0.3) is 0 Å². The molecule has 0 aliphatic heterocycles. The van der Waals surface area contributed by atoms with E-state index in [-0.39, 0.29) is 17.7 Å². The molecule has 182 valence electrons. The minimum Gasteiger partial charge on any atom is -0.494 e. The fraction of sp³-hybridized carbons (Fsp3) is 0.500. The molecule has 0 saturated heterocycles. The van der Waals surface area contributed by atoms with E-state index in [9.17, 15) is 18.0 Å². The van der Waals surface area contributed by atoms with E-state index in [4.69, 9.17) is 30.2 Å². The lowest BCUT2D eigenvalue weighted by molar-refractivity contribution is -0.192. The van der Waals surface area contributed by atoms with Gasteiger partial charge < -0.3 is 25.4 Å². The van der Waals surface area contributed by atoms with E-state index in [0.717, 1.165) is 37.9 Å². The lowest BCUT2D eigenvalue weighted by Gasteiger charge is -2.28. The standard InChI is InChI=1S/C18H24N4O4.C2HF3O2/c19-10-1-11-25-14-6-2-12(3-7-14)13-4-8-15(9-5-13)26-17-16(18(23)24)20-22-21-17;3-2(4,5)1(6)7/h2-3,6-7,13,15H,1,4-5,8-11,19H2,(H,23,24)(H,20,21,22);(H,6,7). The number of nitrogens with two attached hydrogens (primary N) is 1. The smallest absolute Gasteiger partial charge is 0.490 e. The molecule has 0 unspecified atom stereocenters. The molecule has 1 fully saturated rings. The van der Waals surface area contributed by atoms with Gasteiger partial charge in [0.25, 0.3) is 5.88 Å². The number of halogens is 3. The highest BCUT2D eigenvalue weighted by Crippen LogP contribution is 2.35. The molecule has 13 heteroatoms. The topological polar surface area (TPSA) is 161 Å². The third-order valence-electron chi connectivity index (χ3n) is 4.89. The second kappa shape index (κ2) is 12.0. The summed E-state index contributed by atoms with van der Waals surface area (Å²) in [7, 11) is 0. The molecular formula is C20H25F3N4O6. The van der Waals surface area contributed by atoms with Crippen molar-refractivity contribution in [3.05, 3.63) is 35.5 Å². The van der Waals surface area contributed by atoms with Gasteiger partial charge in [-0.05, 0) is 62.3 Å². The van der Waals surface area contributed by atoms with Gasteiger partial charge in [0.15, 0.2) is 0 Å². The van der Waals surface area contributed by atoms with Crippen molar-refractivity contribution >= 4 is 11.9 Å². The van der Waals surface area contributed by atoms with E-state index in [1.165, 1.54) is 5.56 Å². The number of hydrogen-bond acceptors (Lipinski definition) is 7. The van der Waals surface area contributed by atoms with Crippen LogP contribution >= 0.6 is 0 Å². The number of carboxylic acid groups (broad SMARTS) is 2. The minimum atomic E-state index is -5.08. The largest absolute Gasteiger partial charge is 0.494 e. The highest BCUT2D eigenvalue weighted by Gasteiger charge is 2.38. The van der Waals surface area contributed by atoms with Gasteiger partial charge in [0.1, 0.15) is 11.9 Å². The predicted octanol–water partition coefficient (Wildman–Crippen LogP) is 2.97. The number of rotatable bonds is 8. The Morgan fingerprint density at radius 2 is 1.73 bits per heavy atom. The first-order chi connectivity index (χ1) is 15.6. The van der Waals surface area contributed by atoms with E-state index in [1.54, 1.807) is 0 Å². The average Bonchev–Trinajstić information content (AvgIpc) is 3.23. The lowest BCUT2D eigenvalue weighted by atomic mass is 9.83. The van der Waals surface area contributed by atoms with Crippen LogP contribution in [0.2, 0.25) is 0 Å². The fourth-order valence-electron chi connectivity index (χ4n) is 3.22. The van der Waals surface area contributed by atoms with Crippen molar-refractivity contribution in [1.82, 2.24) is 15.4 Å². The van der Waals surface area contributed by atoms with Gasteiger partial charge in [-0.25, -0.2) is 14.7 Å². The zero-order valence-electron chi connectivity index (χ0n) is 17.5. The highest BCUT2D eigenvalue weighted by atomic mass is 19.4. The van der Waals surface area contributed by atoms with Crippen LogP contribution in [0.4, 0.5) is 13.2 Å². The van der Waals surface area contributed by atoms with Crippen molar-refractivity contribution in [1.29, 1.82) is 0 Å². The summed E-state index contributed by atoms with van der Waals surface area (Å²) in [5.74, 6) is -2.46. The Morgan fingerprint density at radius 1 is 1.12 bits per heavy atom. The maximum atomic E-state index is 11.1. The fourth-order valence-corrected chi connectivity index (χ4v) is 3.22. The van der Waals surface area contributed by atoms with Crippen molar-refractivity contribution in [2.45, 2.75) is 50.3 Å². The molecule has 1 aromatic carbocycles. The molecular weight excluding hydrogens is 449 g/mol. The number of nitrogens with zero attached hydrogens (tertiary/aromatic N) is 2. The molecule has 1 aliphatic carbocycles. The monoisotopic (exact) mass is 474 g/mol. The zero-order valence-corrected chi connectivity index (χ0v) is 17.5. The molecule has 3 rings (SSSR count). The minimum absolute atomic E-state index is 0.0340. The molecule has 1 heterocycles. The van der Waals surface area contributed by atoms with Crippen LogP contribution < -0.4 is 15.2 Å². The molecule has 0 atom stereocenters. The summed E-state index contributed by atoms with van der Waals surface area (Å²) in [4.78, 5) is 20.0. The summed E-state index contributed by atoms with van der Waals surface area (Å²) in [5.41, 5.74) is 6.66. The number of ether oxygens (including phenoxy) is 2. The Labute approximate surface area is 186 Å². The molecule has 0 spiro atoms. The lowest BCUT2D eigenvalue weighted by Crippen LogP contribution is -2.24. The van der Waals surface area contributed by atoms with Crippen LogP contribution in [0.5, 0.6) is 11.6 Å². The highest BCUT2D eigenvalue weighted by molar-refractivity contribution is 5.87. The number of aromatic carboxylic acids is 1. The van der Waals surface area contributed by atoms with E-state index < -0.39 is 18.1 Å². The van der Waals surface area contributed by atoms with Gasteiger partial charge in [0, 0.05) is 0 Å². The Hall–Kier alpha value is -3.35. The second-order valence-corrected chi connectivity index (χ2v) is 7.25. The number of carbonyl (C=O) groups is 2. The number of alkyl halides is 3. The molecule has 1 saturated carbocycles. The summed E-state index contributed by atoms with van der Waals surface area (Å²) >= 11 is 0. The van der Waals surface area contributed by atoms with Gasteiger partial charge in [-0.1, -0.05) is 22.4 Å². The van der Waals surface area contributed by atoms with Gasteiger partial charge in [-0.15, -0.1) is 0 Å². The number of carboxylic acids is 2. The van der Waals surface area contributed by atoms with Crippen molar-refractivity contribution in [3.63, 3.8) is 0 Å². The first-order valence-electron chi connectivity index (χ1n) is 10.2. The SMILES string of the molecule is NCCCOc1ccc(C2CCC(Oc3nn[nH]c3C(=O)O)CC2)cc1.O=C(O)C(F)(F)F. The van der Waals surface area contributed by atoms with Gasteiger partial charge in [0.2, 0.25) is 5.69 Å². The predicted molar refractivity (Wildman–Crippen MR) is 108 cm³/mol. The first kappa shape index (κ1) is 25.9. The molecule has 2 aromatic rings. The van der Waals surface area contributed by atoms with Crippen LogP contribution in [0.1, 0.15) is 54.1 Å². The molecule has 0 amide bonds. The summed E-state index contributed by atoms with van der Waals surface area (Å²) in [5, 5.41) is 25.8. The third-order valence-corrected chi connectivity index (χ3v) is 4.89. The summed E-state index contributed by atoms with van der Waals surface area (Å²) in [6, 6.07) is 8.24. The Balaban J connectivity index is 0.000000479. The molecule has 0 bridgehead atoms. The molecule has 33 heavy (non-hydrogen) atoms. The van der Waals surface area contributed by atoms with Crippen LogP contribution in [0.3, 0.4) is 0 Å². The third kappa shape index (κ3) is 8.25. The first-order valence-corrected chi connectivity index (χ1v) is 10.2. The number of aliphatic carboxylic acids is 1. The van der Waals surface area contributed by atoms with Gasteiger partial charge in [-0.3, -0.25) is 0 Å². The number of aromatic nitrogens is 3. The molecule has 1 aliphatic rings. The van der Waals surface area contributed by atoms with Crippen LogP contribution in [0.15, 0.2) is 24.3 Å². The van der Waals surface area contributed by atoms with E-state index in [0.29, 0.717) is 19.1 Å². The van der Waals surface area contributed by atoms with Crippen LogP contribution in [-0.2, 0) is 4.79 Å². The van der Waals surface area contributed by atoms with Crippen molar-refractivity contribution in [2.24, 2.45) is 5.73 Å². The summed E-state index contributed by atoms with van der Waals surface area (Å²) < 4.78 is 43.1. The normalized spacial score (nSPS) is 18.1. The zero-order chi connectivity index (χ0) is 24.4. The Bertz CT molecular complexity index is 896. The Morgan fingerprint density at radius 3 is 2.24 bits per heavy atom. The number of benzene rings is 1.